The van der Waals surface area contributed by atoms with E-state index in [2.05, 4.69) is 15.3 Å². The van der Waals surface area contributed by atoms with Crippen molar-refractivity contribution in [2.75, 3.05) is 0 Å². The summed E-state index contributed by atoms with van der Waals surface area (Å²) in [6, 6.07) is 13.6. The monoisotopic (exact) mass is 526 g/mol. The first-order chi connectivity index (χ1) is 15.5. The predicted molar refractivity (Wildman–Crippen MR) is 121 cm³/mol. The molecule has 0 amide bonds. The number of benzene rings is 3. The molecule has 1 heterocycles. The Labute approximate surface area is 223 Å². The van der Waals surface area contributed by atoms with E-state index in [1.165, 1.54) is 24.3 Å². The Kier molecular flexibility index (Phi) is 7.48. The third-order valence-corrected chi connectivity index (χ3v) is 6.52. The van der Waals surface area contributed by atoms with E-state index < -0.39 is 35.6 Å². The van der Waals surface area contributed by atoms with Crippen molar-refractivity contribution in [2.45, 2.75) is 16.7 Å². The van der Waals surface area contributed by atoms with Crippen molar-refractivity contribution in [3.63, 3.8) is 0 Å². The molecule has 4 rings (SSSR count). The number of aromatic nitrogens is 2. The molecule has 4 aromatic rings. The van der Waals surface area contributed by atoms with Crippen LogP contribution >= 0.6 is 0 Å². The molecule has 34 heavy (non-hydrogen) atoms. The molecular weight excluding hydrogens is 512 g/mol. The number of nitrogens with one attached hydrogen (secondary N) is 1. The van der Waals surface area contributed by atoms with Gasteiger partial charge in [-0.15, -0.1) is 10.2 Å². The van der Waals surface area contributed by atoms with Gasteiger partial charge in [-0.05, 0) is 37.3 Å². The van der Waals surface area contributed by atoms with Crippen molar-refractivity contribution in [3.05, 3.63) is 76.7 Å². The van der Waals surface area contributed by atoms with Crippen LogP contribution < -0.4 is 5.56 Å². The molecular formula is C20H14CaN4O7S2. The quantitative estimate of drug-likeness (QED) is 0.236. The maximum atomic E-state index is 12.9. The molecule has 14 heteroatoms. The van der Waals surface area contributed by atoms with Crippen LogP contribution in [-0.2, 0) is 20.2 Å². The molecule has 0 spiro atoms. The second kappa shape index (κ2) is 9.70. The van der Waals surface area contributed by atoms with E-state index in [0.29, 0.717) is 11.1 Å². The van der Waals surface area contributed by atoms with Gasteiger partial charge in [0.15, 0.2) is 5.69 Å². The molecule has 3 aromatic carbocycles. The van der Waals surface area contributed by atoms with Crippen LogP contribution in [0.25, 0.3) is 16.5 Å². The summed E-state index contributed by atoms with van der Waals surface area (Å²) in [6.07, 6.45) is 0. The van der Waals surface area contributed by atoms with Crippen LogP contribution in [-0.4, -0.2) is 73.5 Å². The molecule has 0 aliphatic carbocycles. The summed E-state index contributed by atoms with van der Waals surface area (Å²) < 4.78 is 69.5. The Morgan fingerprint density at radius 1 is 0.853 bits per heavy atom. The van der Waals surface area contributed by atoms with Gasteiger partial charge in [-0.2, -0.15) is 0 Å². The fourth-order valence-electron chi connectivity index (χ4n) is 3.28. The number of rotatable bonds is 5. The van der Waals surface area contributed by atoms with Crippen LogP contribution in [0.1, 0.15) is 5.69 Å². The minimum atomic E-state index is -4.72. The SMILES string of the molecule is Cc1[nH]n(-c2cccc(S(=O)(=O)[O-])c2)c(=O)c1N=Nc1ccc(S(=O)(=O)[O-])c2ccccc12.[Ca+2]. The van der Waals surface area contributed by atoms with Crippen LogP contribution in [0.4, 0.5) is 11.4 Å². The third-order valence-electron chi connectivity index (χ3n) is 4.79. The smallest absolute Gasteiger partial charge is 0.744 e. The third kappa shape index (κ3) is 5.15. The molecule has 1 N–H and O–H groups in total. The number of fused-ring (bicyclic) bond motifs is 1. The summed E-state index contributed by atoms with van der Waals surface area (Å²) in [5.41, 5.74) is -0.0992. The molecule has 0 unspecified atom stereocenters. The van der Waals surface area contributed by atoms with Gasteiger partial charge in [0, 0.05) is 10.8 Å². The van der Waals surface area contributed by atoms with Crippen molar-refractivity contribution in [2.24, 2.45) is 10.2 Å². The predicted octanol–water partition coefficient (Wildman–Crippen LogP) is 2.47. The zero-order chi connectivity index (χ0) is 24.0. The van der Waals surface area contributed by atoms with Crippen molar-refractivity contribution in [1.82, 2.24) is 9.78 Å². The van der Waals surface area contributed by atoms with Gasteiger partial charge in [0.2, 0.25) is 0 Å². The van der Waals surface area contributed by atoms with E-state index in [-0.39, 0.29) is 60.2 Å². The summed E-state index contributed by atoms with van der Waals surface area (Å²) in [4.78, 5) is 12.0. The summed E-state index contributed by atoms with van der Waals surface area (Å²) >= 11 is 0. The Hall–Kier alpha value is -2.39. The van der Waals surface area contributed by atoms with Crippen molar-refractivity contribution in [3.8, 4) is 5.69 Å². The van der Waals surface area contributed by atoms with Crippen LogP contribution in [0.15, 0.2) is 85.5 Å². The first kappa shape index (κ1) is 26.2. The normalized spacial score (nSPS) is 12.2. The van der Waals surface area contributed by atoms with Crippen molar-refractivity contribution < 1.29 is 25.9 Å². The van der Waals surface area contributed by atoms with Gasteiger partial charge in [-0.3, -0.25) is 9.89 Å². The molecule has 0 aliphatic rings. The summed E-state index contributed by atoms with van der Waals surface area (Å²) in [5, 5.41) is 11.3. The van der Waals surface area contributed by atoms with E-state index in [9.17, 15) is 30.7 Å². The molecule has 0 bridgehead atoms. The fourth-order valence-corrected chi connectivity index (χ4v) is 4.47. The second-order valence-corrected chi connectivity index (χ2v) is 9.69. The first-order valence-corrected chi connectivity index (χ1v) is 12.1. The van der Waals surface area contributed by atoms with E-state index in [0.717, 1.165) is 22.9 Å². The minimum Gasteiger partial charge on any atom is -0.744 e. The largest absolute Gasteiger partial charge is 2.00 e. The number of hydrogen-bond donors (Lipinski definition) is 1. The fraction of sp³-hybridized carbons (Fsp3) is 0.0500. The Morgan fingerprint density at radius 3 is 2.18 bits per heavy atom. The zero-order valence-corrected chi connectivity index (χ0v) is 21.3. The summed E-state index contributed by atoms with van der Waals surface area (Å²) in [7, 11) is -9.43. The number of H-pyrrole nitrogens is 1. The van der Waals surface area contributed by atoms with Gasteiger partial charge in [-0.25, -0.2) is 21.5 Å². The topological polar surface area (TPSA) is 177 Å². The first-order valence-electron chi connectivity index (χ1n) is 9.24. The van der Waals surface area contributed by atoms with Gasteiger partial charge < -0.3 is 9.11 Å². The van der Waals surface area contributed by atoms with Gasteiger partial charge in [0.1, 0.15) is 20.2 Å². The Morgan fingerprint density at radius 2 is 1.53 bits per heavy atom. The van der Waals surface area contributed by atoms with Crippen LogP contribution in [0.2, 0.25) is 0 Å². The number of hydrogen-bond acceptors (Lipinski definition) is 9. The molecule has 0 radical (unpaired) electrons. The van der Waals surface area contributed by atoms with Crippen LogP contribution in [0.5, 0.6) is 0 Å². The standard InChI is InChI=1S/C20H16N4O7S2.Ca/c1-12-19(20(25)24(23-12)13-5-4-6-14(11-13)32(26,27)28)22-21-17-9-10-18(33(29,30)31)16-8-3-2-7-15(16)17;/h2-11,23H,1H3,(H,26,27,28)(H,29,30,31);/q;+2/p-2. The van der Waals surface area contributed by atoms with Gasteiger partial charge in [0.25, 0.3) is 5.56 Å². The van der Waals surface area contributed by atoms with E-state index in [4.69, 9.17) is 0 Å². The van der Waals surface area contributed by atoms with Crippen LogP contribution in [0, 0.1) is 6.92 Å². The zero-order valence-electron chi connectivity index (χ0n) is 17.5. The number of azo groups is 1. The summed E-state index contributed by atoms with van der Waals surface area (Å²) in [6.45, 7) is 1.55. The van der Waals surface area contributed by atoms with Gasteiger partial charge in [0.05, 0.1) is 26.9 Å². The maximum absolute atomic E-state index is 12.9. The number of aromatic amines is 1. The minimum absolute atomic E-state index is 0. The van der Waals surface area contributed by atoms with Crippen molar-refractivity contribution >= 4 is 80.1 Å². The second-order valence-electron chi connectivity index (χ2n) is 6.96. The summed E-state index contributed by atoms with van der Waals surface area (Å²) in [5.74, 6) is 0. The average Bonchev–Trinajstić information content (AvgIpc) is 3.04. The number of aryl methyl sites for hydroxylation is 1. The molecule has 0 aliphatic heterocycles. The van der Waals surface area contributed by atoms with Crippen molar-refractivity contribution in [1.29, 1.82) is 0 Å². The van der Waals surface area contributed by atoms with Gasteiger partial charge >= 0.3 is 37.7 Å². The van der Waals surface area contributed by atoms with E-state index in [1.807, 2.05) is 0 Å². The molecule has 0 saturated heterocycles. The molecule has 0 saturated carbocycles. The van der Waals surface area contributed by atoms with E-state index >= 15 is 0 Å². The van der Waals surface area contributed by atoms with Gasteiger partial charge in [-0.1, -0.05) is 30.3 Å². The van der Waals surface area contributed by atoms with Crippen LogP contribution in [0.3, 0.4) is 0 Å². The molecule has 0 atom stereocenters. The Balaban J connectivity index is 0.00000324. The number of nitrogens with zero attached hydrogens (tertiary/aromatic N) is 3. The average molecular weight is 527 g/mol. The molecule has 11 nitrogen and oxygen atoms in total. The molecule has 0 fully saturated rings. The van der Waals surface area contributed by atoms with E-state index in [1.54, 1.807) is 25.1 Å². The Bertz CT molecular complexity index is 1710. The maximum Gasteiger partial charge on any atom is 2.00 e. The molecule has 1 aromatic heterocycles. The molecule has 170 valence electrons.